The van der Waals surface area contributed by atoms with Crippen molar-refractivity contribution in [3.8, 4) is 5.69 Å². The Morgan fingerprint density at radius 1 is 1.25 bits per heavy atom. The Morgan fingerprint density at radius 2 is 2.05 bits per heavy atom. The number of aromatic carboxylic acids is 1. The van der Waals surface area contributed by atoms with Crippen LogP contribution in [0.2, 0.25) is 5.02 Å². The van der Waals surface area contributed by atoms with Gasteiger partial charge in [-0.3, -0.25) is 4.57 Å². The SMILES string of the molecule is O=C(O)c1ccc2ncn(-c3ccc(I)cc3Cl)c2c1. The van der Waals surface area contributed by atoms with Crippen LogP contribution in [-0.2, 0) is 0 Å². The van der Waals surface area contributed by atoms with E-state index in [-0.39, 0.29) is 5.56 Å². The molecule has 1 N–H and O–H groups in total. The molecule has 0 saturated carbocycles. The third-order valence-corrected chi connectivity index (χ3v) is 3.94. The largest absolute Gasteiger partial charge is 0.478 e. The number of halogens is 2. The minimum absolute atomic E-state index is 0.223. The van der Waals surface area contributed by atoms with E-state index in [4.69, 9.17) is 16.7 Å². The Labute approximate surface area is 133 Å². The van der Waals surface area contributed by atoms with Gasteiger partial charge in [0.15, 0.2) is 0 Å². The van der Waals surface area contributed by atoms with Crippen LogP contribution in [0.25, 0.3) is 16.7 Å². The van der Waals surface area contributed by atoms with E-state index in [2.05, 4.69) is 27.6 Å². The Kier molecular flexibility index (Phi) is 3.39. The van der Waals surface area contributed by atoms with Crippen molar-refractivity contribution in [3.63, 3.8) is 0 Å². The van der Waals surface area contributed by atoms with Gasteiger partial charge in [-0.1, -0.05) is 11.6 Å². The quantitative estimate of drug-likeness (QED) is 0.664. The lowest BCUT2D eigenvalue weighted by Crippen LogP contribution is -1.98. The molecule has 1 heterocycles. The second-order valence-electron chi connectivity index (χ2n) is 4.22. The van der Waals surface area contributed by atoms with E-state index in [0.717, 1.165) is 14.8 Å². The molecule has 0 fully saturated rings. The van der Waals surface area contributed by atoms with Crippen LogP contribution in [0.3, 0.4) is 0 Å². The summed E-state index contributed by atoms with van der Waals surface area (Å²) in [6.07, 6.45) is 1.64. The fourth-order valence-corrected chi connectivity index (χ4v) is 2.96. The predicted octanol–water partition coefficient (Wildman–Crippen LogP) is 3.98. The van der Waals surface area contributed by atoms with Crippen LogP contribution in [0.15, 0.2) is 42.7 Å². The molecular formula is C14H8ClIN2O2. The number of fused-ring (bicyclic) bond motifs is 1. The summed E-state index contributed by atoms with van der Waals surface area (Å²) in [4.78, 5) is 15.3. The van der Waals surface area contributed by atoms with Gasteiger partial charge in [0.05, 0.1) is 27.3 Å². The van der Waals surface area contributed by atoms with E-state index in [0.29, 0.717) is 10.5 Å². The number of hydrogen-bond donors (Lipinski definition) is 1. The molecule has 0 amide bonds. The summed E-state index contributed by atoms with van der Waals surface area (Å²) in [5, 5.41) is 9.67. The molecular weight excluding hydrogens is 391 g/mol. The number of carboxylic acid groups (broad SMARTS) is 1. The molecule has 3 aromatic rings. The molecule has 6 heteroatoms. The molecule has 100 valence electrons. The van der Waals surface area contributed by atoms with Crippen LogP contribution in [0.1, 0.15) is 10.4 Å². The molecule has 0 saturated heterocycles. The highest BCUT2D eigenvalue weighted by atomic mass is 127. The lowest BCUT2D eigenvalue weighted by molar-refractivity contribution is 0.0697. The summed E-state index contributed by atoms with van der Waals surface area (Å²) < 4.78 is 2.83. The molecule has 0 aliphatic carbocycles. The first kappa shape index (κ1) is 13.4. The molecule has 2 aromatic carbocycles. The molecule has 0 aliphatic rings. The summed E-state index contributed by atoms with van der Waals surface area (Å²) in [7, 11) is 0. The van der Waals surface area contributed by atoms with E-state index >= 15 is 0 Å². The van der Waals surface area contributed by atoms with Crippen LogP contribution < -0.4 is 0 Å². The second-order valence-corrected chi connectivity index (χ2v) is 5.87. The van der Waals surface area contributed by atoms with Crippen LogP contribution >= 0.6 is 34.2 Å². The maximum absolute atomic E-state index is 11.1. The smallest absolute Gasteiger partial charge is 0.335 e. The third kappa shape index (κ3) is 2.27. The van der Waals surface area contributed by atoms with Crippen molar-refractivity contribution >= 4 is 51.2 Å². The fourth-order valence-electron chi connectivity index (χ4n) is 2.01. The zero-order chi connectivity index (χ0) is 14.3. The van der Waals surface area contributed by atoms with Crippen molar-refractivity contribution in [3.05, 3.63) is 56.9 Å². The van der Waals surface area contributed by atoms with Gasteiger partial charge in [0.25, 0.3) is 0 Å². The number of imidazole rings is 1. The maximum atomic E-state index is 11.1. The molecule has 0 atom stereocenters. The molecule has 0 spiro atoms. The van der Waals surface area contributed by atoms with Crippen LogP contribution in [0.5, 0.6) is 0 Å². The van der Waals surface area contributed by atoms with Crippen molar-refractivity contribution in [2.45, 2.75) is 0 Å². The van der Waals surface area contributed by atoms with Crippen molar-refractivity contribution in [1.82, 2.24) is 9.55 Å². The lowest BCUT2D eigenvalue weighted by Gasteiger charge is -2.07. The minimum atomic E-state index is -0.964. The molecule has 1 aromatic heterocycles. The minimum Gasteiger partial charge on any atom is -0.478 e. The van der Waals surface area contributed by atoms with Gasteiger partial charge in [0.1, 0.15) is 6.33 Å². The fraction of sp³-hybridized carbons (Fsp3) is 0. The number of rotatable bonds is 2. The molecule has 4 nitrogen and oxygen atoms in total. The number of carboxylic acids is 1. The normalized spacial score (nSPS) is 10.9. The van der Waals surface area contributed by atoms with E-state index < -0.39 is 5.97 Å². The zero-order valence-corrected chi connectivity index (χ0v) is 13.0. The number of carbonyl (C=O) groups is 1. The highest BCUT2D eigenvalue weighted by Gasteiger charge is 2.11. The highest BCUT2D eigenvalue weighted by Crippen LogP contribution is 2.26. The number of benzene rings is 2. The molecule has 0 bridgehead atoms. The van der Waals surface area contributed by atoms with Gasteiger partial charge >= 0.3 is 5.97 Å². The standard InChI is InChI=1S/C14H8ClIN2O2/c15-10-6-9(16)2-4-12(10)18-7-17-11-3-1-8(14(19)20)5-13(11)18/h1-7H,(H,19,20). The summed E-state index contributed by atoms with van der Waals surface area (Å²) in [5.41, 5.74) is 2.44. The van der Waals surface area contributed by atoms with Crippen LogP contribution in [0.4, 0.5) is 0 Å². The Balaban J connectivity index is 2.25. The topological polar surface area (TPSA) is 55.1 Å². The van der Waals surface area contributed by atoms with Crippen molar-refractivity contribution in [2.75, 3.05) is 0 Å². The predicted molar refractivity (Wildman–Crippen MR) is 85.8 cm³/mol. The molecule has 0 radical (unpaired) electrons. The molecule has 0 unspecified atom stereocenters. The Hall–Kier alpha value is -1.60. The number of aromatic nitrogens is 2. The molecule has 20 heavy (non-hydrogen) atoms. The first-order valence-electron chi connectivity index (χ1n) is 5.72. The van der Waals surface area contributed by atoms with Gasteiger partial charge in [0, 0.05) is 3.57 Å². The Bertz CT molecular complexity index is 829. The van der Waals surface area contributed by atoms with Crippen LogP contribution in [-0.4, -0.2) is 20.6 Å². The number of hydrogen-bond acceptors (Lipinski definition) is 2. The third-order valence-electron chi connectivity index (χ3n) is 2.96. The van der Waals surface area contributed by atoms with Gasteiger partial charge in [-0.25, -0.2) is 9.78 Å². The monoisotopic (exact) mass is 398 g/mol. The Morgan fingerprint density at radius 3 is 2.75 bits per heavy atom. The summed E-state index contributed by atoms with van der Waals surface area (Å²) in [5.74, 6) is -0.964. The number of nitrogens with zero attached hydrogens (tertiary/aromatic N) is 2. The van der Waals surface area contributed by atoms with Crippen LogP contribution in [0, 0.1) is 3.57 Å². The summed E-state index contributed by atoms with van der Waals surface area (Å²) >= 11 is 8.44. The van der Waals surface area contributed by atoms with Gasteiger partial charge < -0.3 is 5.11 Å². The van der Waals surface area contributed by atoms with Gasteiger partial charge in [0.2, 0.25) is 0 Å². The summed E-state index contributed by atoms with van der Waals surface area (Å²) in [6, 6.07) is 10.5. The first-order chi connectivity index (χ1) is 9.56. The van der Waals surface area contributed by atoms with Gasteiger partial charge in [-0.05, 0) is 59.0 Å². The summed E-state index contributed by atoms with van der Waals surface area (Å²) in [6.45, 7) is 0. The first-order valence-corrected chi connectivity index (χ1v) is 7.18. The van der Waals surface area contributed by atoms with Crippen molar-refractivity contribution < 1.29 is 9.90 Å². The van der Waals surface area contributed by atoms with E-state index in [9.17, 15) is 4.79 Å². The van der Waals surface area contributed by atoms with E-state index in [1.165, 1.54) is 6.07 Å². The zero-order valence-electron chi connectivity index (χ0n) is 10.0. The van der Waals surface area contributed by atoms with Gasteiger partial charge in [-0.15, -0.1) is 0 Å². The van der Waals surface area contributed by atoms with Gasteiger partial charge in [-0.2, -0.15) is 0 Å². The van der Waals surface area contributed by atoms with E-state index in [1.807, 2.05) is 18.2 Å². The van der Waals surface area contributed by atoms with E-state index in [1.54, 1.807) is 23.0 Å². The van der Waals surface area contributed by atoms with Crippen molar-refractivity contribution in [1.29, 1.82) is 0 Å². The highest BCUT2D eigenvalue weighted by molar-refractivity contribution is 14.1. The second kappa shape index (κ2) is 5.06. The lowest BCUT2D eigenvalue weighted by atomic mass is 10.2. The molecule has 3 rings (SSSR count). The average molecular weight is 399 g/mol. The average Bonchev–Trinajstić information content (AvgIpc) is 2.81. The maximum Gasteiger partial charge on any atom is 0.335 e. The van der Waals surface area contributed by atoms with Crippen molar-refractivity contribution in [2.24, 2.45) is 0 Å². The molecule has 0 aliphatic heterocycles.